The molecule has 2 bridgehead atoms. The largest absolute Gasteiger partial charge is 0.453 e. The Morgan fingerprint density at radius 3 is 2.86 bits per heavy atom. The fraction of sp³-hybridized carbons (Fsp3) is 0.207. The maximum Gasteiger partial charge on any atom is 0.411 e. The highest BCUT2D eigenvalue weighted by Crippen LogP contribution is 2.33. The van der Waals surface area contributed by atoms with E-state index in [0.717, 1.165) is 5.56 Å². The molecule has 0 saturated heterocycles. The van der Waals surface area contributed by atoms with Crippen LogP contribution < -0.4 is 16.0 Å². The van der Waals surface area contributed by atoms with Gasteiger partial charge in [0.1, 0.15) is 12.3 Å². The van der Waals surface area contributed by atoms with Gasteiger partial charge in [-0.1, -0.05) is 23.7 Å². The van der Waals surface area contributed by atoms with Gasteiger partial charge in [-0.05, 0) is 55.3 Å². The summed E-state index contributed by atoms with van der Waals surface area (Å²) in [5.41, 5.74) is 3.58. The molecule has 13 heteroatoms. The fourth-order valence-electron chi connectivity index (χ4n) is 4.57. The molecule has 3 amide bonds. The van der Waals surface area contributed by atoms with Gasteiger partial charge >= 0.3 is 6.09 Å². The van der Waals surface area contributed by atoms with E-state index < -0.39 is 29.8 Å². The number of carbonyl (C=O) groups excluding carboxylic acids is 3. The molecule has 1 aliphatic heterocycles. The number of pyridine rings is 1. The zero-order chi connectivity index (χ0) is 29.8. The molecule has 0 aliphatic carbocycles. The van der Waals surface area contributed by atoms with Gasteiger partial charge in [0.2, 0.25) is 5.91 Å². The molecule has 2 aromatic heterocycles. The monoisotopic (exact) mass is 592 g/mol. The highest BCUT2D eigenvalue weighted by atomic mass is 35.5. The molecular formula is C29H26ClFN6O5. The first-order valence-electron chi connectivity index (χ1n) is 12.9. The summed E-state index contributed by atoms with van der Waals surface area (Å²) in [6.07, 6.45) is 2.64. The predicted molar refractivity (Wildman–Crippen MR) is 153 cm³/mol. The number of rotatable bonds is 4. The number of amides is 3. The summed E-state index contributed by atoms with van der Waals surface area (Å²) in [4.78, 5) is 42.3. The van der Waals surface area contributed by atoms with Crippen LogP contribution in [0.25, 0.3) is 16.8 Å². The van der Waals surface area contributed by atoms with Crippen molar-refractivity contribution in [3.8, 4) is 16.8 Å². The van der Waals surface area contributed by atoms with Crippen molar-refractivity contribution in [2.75, 3.05) is 31.0 Å². The van der Waals surface area contributed by atoms with Crippen LogP contribution >= 0.6 is 11.6 Å². The number of nitrogens with one attached hydrogen (secondary N) is 3. The fourth-order valence-corrected chi connectivity index (χ4v) is 4.74. The van der Waals surface area contributed by atoms with E-state index in [2.05, 4.69) is 30.8 Å². The Labute approximate surface area is 245 Å². The van der Waals surface area contributed by atoms with Gasteiger partial charge < -0.3 is 20.1 Å². The second-order valence-electron chi connectivity index (χ2n) is 9.39. The third-order valence-electron chi connectivity index (χ3n) is 6.68. The summed E-state index contributed by atoms with van der Waals surface area (Å²) in [6, 6.07) is 12.6. The minimum atomic E-state index is -0.652. The van der Waals surface area contributed by atoms with Gasteiger partial charge in [-0.3, -0.25) is 19.9 Å². The third kappa shape index (κ3) is 6.09. The van der Waals surface area contributed by atoms with Crippen molar-refractivity contribution in [3.63, 3.8) is 0 Å². The molecule has 0 radical (unpaired) electrons. The van der Waals surface area contributed by atoms with Crippen LogP contribution in [0, 0.1) is 12.7 Å². The van der Waals surface area contributed by atoms with Crippen LogP contribution in [0.3, 0.4) is 0 Å². The minimum Gasteiger partial charge on any atom is -0.453 e. The van der Waals surface area contributed by atoms with Gasteiger partial charge in [-0.25, -0.2) is 13.9 Å². The molecule has 2 aromatic carbocycles. The Morgan fingerprint density at radius 2 is 2.05 bits per heavy atom. The van der Waals surface area contributed by atoms with E-state index in [1.165, 1.54) is 30.1 Å². The molecule has 3 N–H and O–H groups in total. The van der Waals surface area contributed by atoms with E-state index >= 15 is 0 Å². The normalized spacial score (nSPS) is 15.0. The highest BCUT2D eigenvalue weighted by Gasteiger charge is 2.23. The van der Waals surface area contributed by atoms with Gasteiger partial charge in [0.15, 0.2) is 5.82 Å². The summed E-state index contributed by atoms with van der Waals surface area (Å²) >= 11 is 5.94. The Hall–Kier alpha value is -4.81. The molecule has 0 unspecified atom stereocenters. The smallest absolute Gasteiger partial charge is 0.411 e. The van der Waals surface area contributed by atoms with Crippen LogP contribution in [0.4, 0.5) is 20.6 Å². The molecule has 11 nitrogen and oxygen atoms in total. The number of ether oxygens (including phenoxy) is 2. The van der Waals surface area contributed by atoms with Crippen molar-refractivity contribution in [2.24, 2.45) is 0 Å². The zero-order valence-electron chi connectivity index (χ0n) is 22.6. The highest BCUT2D eigenvalue weighted by molar-refractivity contribution is 6.30. The molecule has 5 rings (SSSR count). The SMILES string of the molecule is COC(=O)Nc1ccc2c(c1)NC(=O)COCC[C@H](NC(=O)c1cnn(-c3cccc(Cl)c3F)c1C)c1cc-2ccn1. The number of anilines is 2. The van der Waals surface area contributed by atoms with Crippen LogP contribution in [-0.4, -0.2) is 53.0 Å². The van der Waals surface area contributed by atoms with Gasteiger partial charge in [0, 0.05) is 24.1 Å². The molecule has 216 valence electrons. The molecule has 42 heavy (non-hydrogen) atoms. The average molecular weight is 593 g/mol. The lowest BCUT2D eigenvalue weighted by molar-refractivity contribution is -0.120. The summed E-state index contributed by atoms with van der Waals surface area (Å²) in [5, 5.41) is 12.5. The van der Waals surface area contributed by atoms with Crippen LogP contribution in [0.1, 0.15) is 34.2 Å². The number of nitrogens with zero attached hydrogens (tertiary/aromatic N) is 3. The summed E-state index contributed by atoms with van der Waals surface area (Å²) < 4.78 is 26.2. The lowest BCUT2D eigenvalue weighted by Gasteiger charge is -2.21. The van der Waals surface area contributed by atoms with Crippen LogP contribution in [0.5, 0.6) is 0 Å². The number of methoxy groups -OCH3 is 1. The number of halogens is 2. The molecule has 4 aromatic rings. The predicted octanol–water partition coefficient (Wildman–Crippen LogP) is 5.04. The van der Waals surface area contributed by atoms with Crippen molar-refractivity contribution in [2.45, 2.75) is 19.4 Å². The van der Waals surface area contributed by atoms with Gasteiger partial charge in [-0.15, -0.1) is 0 Å². The summed E-state index contributed by atoms with van der Waals surface area (Å²) in [6.45, 7) is 1.57. The molecule has 1 aliphatic rings. The van der Waals surface area contributed by atoms with Crippen LogP contribution in [0.15, 0.2) is 60.9 Å². The van der Waals surface area contributed by atoms with Gasteiger partial charge in [-0.2, -0.15) is 5.10 Å². The standard InChI is InChI=1S/C29H26ClFN6O5/c1-16-20(14-33-37(16)25-5-3-4-21(30)27(25)31)28(39)36-22-9-11-42-15-26(38)35-23-13-18(34-29(40)41-2)6-7-19(23)17-8-10-32-24(22)12-17/h3-8,10,12-14,22H,9,11,15H2,1-2H3,(H,34,40)(H,35,38)(H,36,39)/t22-/m0/s1. The second-order valence-corrected chi connectivity index (χ2v) is 9.80. The lowest BCUT2D eigenvalue weighted by atomic mass is 10.00. The molecular weight excluding hydrogens is 567 g/mol. The second kappa shape index (κ2) is 12.4. The third-order valence-corrected chi connectivity index (χ3v) is 6.97. The van der Waals surface area contributed by atoms with Gasteiger partial charge in [0.25, 0.3) is 5.91 Å². The lowest BCUT2D eigenvalue weighted by Crippen LogP contribution is -2.31. The Morgan fingerprint density at radius 1 is 1.21 bits per heavy atom. The number of carbonyl (C=O) groups is 3. The molecule has 0 fully saturated rings. The van der Waals surface area contributed by atoms with E-state index in [1.807, 2.05) is 6.07 Å². The van der Waals surface area contributed by atoms with Crippen molar-refractivity contribution >= 4 is 40.9 Å². The van der Waals surface area contributed by atoms with E-state index in [9.17, 15) is 18.8 Å². The van der Waals surface area contributed by atoms with E-state index in [-0.39, 0.29) is 29.5 Å². The zero-order valence-corrected chi connectivity index (χ0v) is 23.4. The Bertz CT molecular complexity index is 1680. The summed E-state index contributed by atoms with van der Waals surface area (Å²) in [5.74, 6) is -1.48. The van der Waals surface area contributed by atoms with E-state index in [4.69, 9.17) is 16.3 Å². The quantitative estimate of drug-likeness (QED) is 0.302. The van der Waals surface area contributed by atoms with E-state index in [0.29, 0.717) is 34.7 Å². The molecule has 0 spiro atoms. The van der Waals surface area contributed by atoms with E-state index in [1.54, 1.807) is 43.5 Å². The van der Waals surface area contributed by atoms with Crippen molar-refractivity contribution in [1.29, 1.82) is 0 Å². The number of aromatic nitrogens is 3. The number of fused-ring (bicyclic) bond motifs is 4. The topological polar surface area (TPSA) is 136 Å². The molecule has 1 atom stereocenters. The maximum absolute atomic E-state index is 14.6. The average Bonchev–Trinajstić information content (AvgIpc) is 3.36. The van der Waals surface area contributed by atoms with Crippen molar-refractivity contribution in [3.05, 3.63) is 88.7 Å². The summed E-state index contributed by atoms with van der Waals surface area (Å²) in [7, 11) is 1.25. The molecule has 0 saturated carbocycles. The first kappa shape index (κ1) is 28.7. The first-order chi connectivity index (χ1) is 20.2. The van der Waals surface area contributed by atoms with Crippen molar-refractivity contribution in [1.82, 2.24) is 20.1 Å². The van der Waals surface area contributed by atoms with Crippen LogP contribution in [-0.2, 0) is 14.3 Å². The maximum atomic E-state index is 14.6. The first-order valence-corrected chi connectivity index (χ1v) is 13.3. The van der Waals surface area contributed by atoms with Crippen molar-refractivity contribution < 1.29 is 28.2 Å². The van der Waals surface area contributed by atoms with Crippen LogP contribution in [0.2, 0.25) is 5.02 Å². The Balaban J connectivity index is 1.46. The Kier molecular flexibility index (Phi) is 8.46. The number of benzene rings is 2. The minimum absolute atomic E-state index is 0.0567. The number of hydrogen-bond acceptors (Lipinski definition) is 7. The molecule has 3 heterocycles. The number of hydrogen-bond donors (Lipinski definition) is 3. The van der Waals surface area contributed by atoms with Gasteiger partial charge in [0.05, 0.1) is 47.0 Å².